The third-order valence-electron chi connectivity index (χ3n) is 3.78. The van der Waals surface area contributed by atoms with Crippen molar-refractivity contribution in [1.29, 1.82) is 0 Å². The van der Waals surface area contributed by atoms with Crippen LogP contribution in [0.3, 0.4) is 0 Å². The second kappa shape index (κ2) is 8.90. The van der Waals surface area contributed by atoms with Gasteiger partial charge in [0.1, 0.15) is 0 Å². The molecule has 1 heterocycles. The van der Waals surface area contributed by atoms with Gasteiger partial charge in [-0.15, -0.1) is 0 Å². The summed E-state index contributed by atoms with van der Waals surface area (Å²) in [5.74, 6) is 0.943. The second-order valence-corrected chi connectivity index (χ2v) is 5.51. The van der Waals surface area contributed by atoms with Gasteiger partial charge in [-0.1, -0.05) is 6.92 Å². The summed E-state index contributed by atoms with van der Waals surface area (Å²) in [6.07, 6.45) is 5.15. The monoisotopic (exact) mass is 242 g/mol. The van der Waals surface area contributed by atoms with Crippen molar-refractivity contribution in [3.8, 4) is 0 Å². The molecule has 0 aromatic heterocycles. The molecule has 3 heteroatoms. The molecule has 0 saturated carbocycles. The number of methoxy groups -OCH3 is 1. The highest BCUT2D eigenvalue weighted by atomic mass is 16.5. The van der Waals surface area contributed by atoms with Crippen molar-refractivity contribution in [2.45, 2.75) is 45.6 Å². The molecule has 17 heavy (non-hydrogen) atoms. The number of likely N-dealkylation sites (tertiary alicyclic amines) is 1. The number of nitrogens with one attached hydrogen (secondary N) is 1. The van der Waals surface area contributed by atoms with Gasteiger partial charge in [0, 0.05) is 19.8 Å². The molecule has 3 nitrogen and oxygen atoms in total. The quantitative estimate of drug-likeness (QED) is 0.660. The molecule has 0 aromatic rings. The Bertz CT molecular complexity index is 179. The lowest BCUT2D eigenvalue weighted by Crippen LogP contribution is -2.36. The molecule has 0 aromatic carbocycles. The lowest BCUT2D eigenvalue weighted by molar-refractivity contribution is 0.180. The second-order valence-electron chi connectivity index (χ2n) is 5.51. The normalized spacial score (nSPS) is 20.6. The molecule has 1 atom stereocenters. The van der Waals surface area contributed by atoms with E-state index in [4.69, 9.17) is 4.74 Å². The Morgan fingerprint density at radius 2 is 2.06 bits per heavy atom. The van der Waals surface area contributed by atoms with E-state index >= 15 is 0 Å². The first kappa shape index (κ1) is 14.9. The third-order valence-corrected chi connectivity index (χ3v) is 3.78. The molecule has 102 valence electrons. The maximum atomic E-state index is 5.08. The summed E-state index contributed by atoms with van der Waals surface area (Å²) in [5, 5.41) is 3.56. The van der Waals surface area contributed by atoms with Gasteiger partial charge in [0.25, 0.3) is 0 Å². The highest BCUT2D eigenvalue weighted by molar-refractivity contribution is 4.70. The molecule has 0 spiro atoms. The zero-order valence-corrected chi connectivity index (χ0v) is 11.9. The lowest BCUT2D eigenvalue weighted by atomic mass is 9.99. The van der Waals surface area contributed by atoms with Crippen LogP contribution in [0, 0.1) is 5.92 Å². The summed E-state index contributed by atoms with van der Waals surface area (Å²) in [4.78, 5) is 2.61. The topological polar surface area (TPSA) is 24.5 Å². The van der Waals surface area contributed by atoms with Gasteiger partial charge in [0.15, 0.2) is 0 Å². The van der Waals surface area contributed by atoms with Gasteiger partial charge in [0.05, 0.1) is 0 Å². The summed E-state index contributed by atoms with van der Waals surface area (Å²) >= 11 is 0. The van der Waals surface area contributed by atoms with Crippen LogP contribution in [0.2, 0.25) is 0 Å². The molecule has 1 aliphatic heterocycles. The highest BCUT2D eigenvalue weighted by Gasteiger charge is 2.14. The molecule has 1 fully saturated rings. The molecule has 0 aliphatic carbocycles. The van der Waals surface area contributed by atoms with Crippen LogP contribution in [-0.4, -0.2) is 50.8 Å². The van der Waals surface area contributed by atoms with Crippen LogP contribution in [0.1, 0.15) is 39.5 Å². The van der Waals surface area contributed by atoms with Gasteiger partial charge in [-0.2, -0.15) is 0 Å². The Kier molecular flexibility index (Phi) is 7.82. The predicted octanol–water partition coefficient (Wildman–Crippen LogP) is 2.12. The van der Waals surface area contributed by atoms with E-state index in [-0.39, 0.29) is 0 Å². The van der Waals surface area contributed by atoms with Gasteiger partial charge in [-0.3, -0.25) is 0 Å². The van der Waals surface area contributed by atoms with Crippen molar-refractivity contribution in [1.82, 2.24) is 10.2 Å². The molecule has 0 amide bonds. The Balaban J connectivity index is 1.93. The molecule has 1 N–H and O–H groups in total. The Labute approximate surface area is 107 Å². The number of hydrogen-bond donors (Lipinski definition) is 1. The van der Waals surface area contributed by atoms with E-state index in [1.165, 1.54) is 38.9 Å². The number of piperidine rings is 1. The van der Waals surface area contributed by atoms with E-state index in [2.05, 4.69) is 24.1 Å². The molecular formula is C14H30N2O. The standard InChI is InChI=1S/C14H30N2O/c1-13-5-10-16(11-6-13)9-4-8-15-14(2)7-12-17-3/h13-15H,4-12H2,1-3H3. The number of rotatable bonds is 8. The van der Waals surface area contributed by atoms with Crippen molar-refractivity contribution in [3.05, 3.63) is 0 Å². The van der Waals surface area contributed by atoms with Gasteiger partial charge >= 0.3 is 0 Å². The number of nitrogens with zero attached hydrogens (tertiary/aromatic N) is 1. The van der Waals surface area contributed by atoms with Crippen molar-refractivity contribution < 1.29 is 4.74 Å². The summed E-state index contributed by atoms with van der Waals surface area (Å²) < 4.78 is 5.08. The van der Waals surface area contributed by atoms with Crippen LogP contribution < -0.4 is 5.32 Å². The molecule has 1 saturated heterocycles. The van der Waals surface area contributed by atoms with E-state index in [9.17, 15) is 0 Å². The van der Waals surface area contributed by atoms with Crippen LogP contribution in [-0.2, 0) is 4.74 Å². The summed E-state index contributed by atoms with van der Waals surface area (Å²) in [6, 6.07) is 0.580. The van der Waals surface area contributed by atoms with Crippen LogP contribution in [0.25, 0.3) is 0 Å². The zero-order valence-electron chi connectivity index (χ0n) is 11.9. The number of hydrogen-bond acceptors (Lipinski definition) is 3. The fraction of sp³-hybridized carbons (Fsp3) is 1.00. The fourth-order valence-electron chi connectivity index (χ4n) is 2.33. The van der Waals surface area contributed by atoms with E-state index in [1.807, 2.05) is 0 Å². The first-order valence-corrected chi connectivity index (χ1v) is 7.17. The number of ether oxygens (including phenoxy) is 1. The maximum absolute atomic E-state index is 5.08. The lowest BCUT2D eigenvalue weighted by Gasteiger charge is -2.30. The average molecular weight is 242 g/mol. The van der Waals surface area contributed by atoms with E-state index in [1.54, 1.807) is 7.11 Å². The zero-order chi connectivity index (χ0) is 12.5. The van der Waals surface area contributed by atoms with Crippen molar-refractivity contribution in [2.24, 2.45) is 5.92 Å². The first-order valence-electron chi connectivity index (χ1n) is 7.17. The fourth-order valence-corrected chi connectivity index (χ4v) is 2.33. The SMILES string of the molecule is COCCC(C)NCCCN1CCC(C)CC1. The highest BCUT2D eigenvalue weighted by Crippen LogP contribution is 2.15. The maximum Gasteiger partial charge on any atom is 0.0476 e. The average Bonchev–Trinajstić information content (AvgIpc) is 2.34. The predicted molar refractivity (Wildman–Crippen MR) is 73.4 cm³/mol. The van der Waals surface area contributed by atoms with E-state index < -0.39 is 0 Å². The smallest absolute Gasteiger partial charge is 0.0476 e. The van der Waals surface area contributed by atoms with Gasteiger partial charge in [-0.05, 0) is 64.7 Å². The molecule has 1 aliphatic rings. The van der Waals surface area contributed by atoms with Crippen molar-refractivity contribution >= 4 is 0 Å². The van der Waals surface area contributed by atoms with Crippen LogP contribution in [0.5, 0.6) is 0 Å². The summed E-state index contributed by atoms with van der Waals surface area (Å²) in [6.45, 7) is 10.5. The van der Waals surface area contributed by atoms with E-state index in [0.29, 0.717) is 6.04 Å². The van der Waals surface area contributed by atoms with E-state index in [0.717, 1.165) is 25.5 Å². The van der Waals surface area contributed by atoms with Gasteiger partial charge in [0.2, 0.25) is 0 Å². The van der Waals surface area contributed by atoms with Crippen LogP contribution >= 0.6 is 0 Å². The minimum Gasteiger partial charge on any atom is -0.385 e. The first-order chi connectivity index (χ1) is 8.22. The van der Waals surface area contributed by atoms with Gasteiger partial charge < -0.3 is 15.0 Å². The summed E-state index contributed by atoms with van der Waals surface area (Å²) in [7, 11) is 1.77. The van der Waals surface area contributed by atoms with Crippen LogP contribution in [0.4, 0.5) is 0 Å². The Morgan fingerprint density at radius 3 is 2.71 bits per heavy atom. The molecular weight excluding hydrogens is 212 g/mol. The third kappa shape index (κ3) is 7.02. The Hall–Kier alpha value is -0.120. The Morgan fingerprint density at radius 1 is 1.35 bits per heavy atom. The largest absolute Gasteiger partial charge is 0.385 e. The van der Waals surface area contributed by atoms with Crippen molar-refractivity contribution in [3.63, 3.8) is 0 Å². The molecule has 1 rings (SSSR count). The van der Waals surface area contributed by atoms with Gasteiger partial charge in [-0.25, -0.2) is 0 Å². The molecule has 0 bridgehead atoms. The minimum atomic E-state index is 0.580. The molecule has 0 radical (unpaired) electrons. The van der Waals surface area contributed by atoms with Crippen molar-refractivity contribution in [2.75, 3.05) is 39.9 Å². The molecule has 1 unspecified atom stereocenters. The summed E-state index contributed by atoms with van der Waals surface area (Å²) in [5.41, 5.74) is 0. The minimum absolute atomic E-state index is 0.580. The van der Waals surface area contributed by atoms with Crippen LogP contribution in [0.15, 0.2) is 0 Å².